The van der Waals surface area contributed by atoms with Gasteiger partial charge in [0.2, 0.25) is 0 Å². The summed E-state index contributed by atoms with van der Waals surface area (Å²) in [5.41, 5.74) is 6.49. The Morgan fingerprint density at radius 1 is 1.53 bits per heavy atom. The molecule has 1 amide bonds. The van der Waals surface area contributed by atoms with Crippen molar-refractivity contribution in [1.29, 1.82) is 0 Å². The van der Waals surface area contributed by atoms with Crippen LogP contribution in [0.4, 0.5) is 5.69 Å². The standard InChI is InChI=1S/C14H13ClN2OS/c1-2-3-4-7-17-14(18)13-12(16)10-8-9(15)5-6-11(10)19-13/h5-6,8H,4,7,16H2,1H3,(H,17,18). The lowest BCUT2D eigenvalue weighted by molar-refractivity contribution is 0.0959. The lowest BCUT2D eigenvalue weighted by atomic mass is 10.2. The van der Waals surface area contributed by atoms with Gasteiger partial charge in [-0.25, -0.2) is 0 Å². The number of rotatable bonds is 3. The number of fused-ring (bicyclic) bond motifs is 1. The monoisotopic (exact) mass is 292 g/mol. The molecule has 5 heteroatoms. The van der Waals surface area contributed by atoms with E-state index >= 15 is 0 Å². The Balaban J connectivity index is 2.22. The number of amides is 1. The summed E-state index contributed by atoms with van der Waals surface area (Å²) in [7, 11) is 0. The number of nitrogens with two attached hydrogens (primary N) is 1. The highest BCUT2D eigenvalue weighted by molar-refractivity contribution is 7.21. The third-order valence-corrected chi connectivity index (χ3v) is 4.03. The van der Waals surface area contributed by atoms with Gasteiger partial charge in [-0.3, -0.25) is 4.79 Å². The zero-order chi connectivity index (χ0) is 13.8. The van der Waals surface area contributed by atoms with Crippen molar-refractivity contribution in [3.63, 3.8) is 0 Å². The van der Waals surface area contributed by atoms with Crippen LogP contribution in [0.3, 0.4) is 0 Å². The summed E-state index contributed by atoms with van der Waals surface area (Å²) in [5.74, 6) is 5.52. The van der Waals surface area contributed by atoms with E-state index in [-0.39, 0.29) is 5.91 Å². The van der Waals surface area contributed by atoms with Gasteiger partial charge in [0.15, 0.2) is 0 Å². The normalized spacial score (nSPS) is 10.0. The van der Waals surface area contributed by atoms with E-state index in [1.807, 2.05) is 6.07 Å². The molecule has 0 atom stereocenters. The molecule has 2 aromatic rings. The van der Waals surface area contributed by atoms with E-state index in [0.717, 1.165) is 10.1 Å². The average Bonchev–Trinajstić information content (AvgIpc) is 2.72. The van der Waals surface area contributed by atoms with E-state index in [4.69, 9.17) is 17.3 Å². The summed E-state index contributed by atoms with van der Waals surface area (Å²) in [6.45, 7) is 2.30. The third-order valence-electron chi connectivity index (χ3n) is 2.61. The molecular weight excluding hydrogens is 280 g/mol. The van der Waals surface area contributed by atoms with E-state index in [1.165, 1.54) is 11.3 Å². The lowest BCUT2D eigenvalue weighted by Gasteiger charge is -2.01. The van der Waals surface area contributed by atoms with E-state index < -0.39 is 0 Å². The quantitative estimate of drug-likeness (QED) is 0.674. The predicted molar refractivity (Wildman–Crippen MR) is 81.6 cm³/mol. The number of nitrogen functional groups attached to an aromatic ring is 1. The smallest absolute Gasteiger partial charge is 0.263 e. The predicted octanol–water partition coefficient (Wildman–Crippen LogP) is 3.28. The van der Waals surface area contributed by atoms with Crippen LogP contribution in [0.15, 0.2) is 18.2 Å². The van der Waals surface area contributed by atoms with Crippen molar-refractivity contribution < 1.29 is 4.79 Å². The van der Waals surface area contributed by atoms with Crippen molar-refractivity contribution in [2.75, 3.05) is 12.3 Å². The molecule has 2 rings (SSSR count). The second-order valence-electron chi connectivity index (χ2n) is 3.92. The number of benzene rings is 1. The minimum atomic E-state index is -0.160. The number of halogens is 1. The molecule has 0 bridgehead atoms. The largest absolute Gasteiger partial charge is 0.397 e. The SMILES string of the molecule is CC#CCCNC(=O)c1sc2ccc(Cl)cc2c1N. The van der Waals surface area contributed by atoms with Crippen LogP contribution in [-0.2, 0) is 0 Å². The van der Waals surface area contributed by atoms with E-state index in [9.17, 15) is 4.79 Å². The summed E-state index contributed by atoms with van der Waals surface area (Å²) in [6, 6.07) is 5.44. The first-order chi connectivity index (χ1) is 9.13. The van der Waals surface area contributed by atoms with Crippen LogP contribution in [0.1, 0.15) is 23.0 Å². The Morgan fingerprint density at radius 3 is 3.05 bits per heavy atom. The Hall–Kier alpha value is -1.70. The first-order valence-electron chi connectivity index (χ1n) is 5.79. The van der Waals surface area contributed by atoms with Crippen molar-refractivity contribution >= 4 is 44.6 Å². The second kappa shape index (κ2) is 5.96. The van der Waals surface area contributed by atoms with Gasteiger partial charge in [-0.15, -0.1) is 23.2 Å². The first kappa shape index (κ1) is 13.7. The van der Waals surface area contributed by atoms with E-state index in [1.54, 1.807) is 19.1 Å². The van der Waals surface area contributed by atoms with Crippen LogP contribution in [0.5, 0.6) is 0 Å². The number of thiophene rings is 1. The molecule has 1 aromatic carbocycles. The van der Waals surface area contributed by atoms with Crippen LogP contribution in [-0.4, -0.2) is 12.5 Å². The number of hydrogen-bond donors (Lipinski definition) is 2. The molecule has 0 saturated carbocycles. The minimum absolute atomic E-state index is 0.160. The fraction of sp³-hybridized carbons (Fsp3) is 0.214. The Bertz CT molecular complexity index is 682. The van der Waals surface area contributed by atoms with Crippen molar-refractivity contribution in [1.82, 2.24) is 5.32 Å². The van der Waals surface area contributed by atoms with Gasteiger partial charge >= 0.3 is 0 Å². The number of nitrogens with one attached hydrogen (secondary N) is 1. The highest BCUT2D eigenvalue weighted by Crippen LogP contribution is 2.35. The van der Waals surface area contributed by atoms with Gasteiger partial charge in [-0.05, 0) is 25.1 Å². The Labute approximate surface area is 120 Å². The molecule has 0 fully saturated rings. The molecule has 0 spiro atoms. The molecule has 3 nitrogen and oxygen atoms in total. The number of carbonyl (C=O) groups is 1. The highest BCUT2D eigenvalue weighted by Gasteiger charge is 2.15. The molecule has 3 N–H and O–H groups in total. The first-order valence-corrected chi connectivity index (χ1v) is 6.98. The fourth-order valence-electron chi connectivity index (χ4n) is 1.70. The highest BCUT2D eigenvalue weighted by atomic mass is 35.5. The van der Waals surface area contributed by atoms with Crippen LogP contribution in [0, 0.1) is 11.8 Å². The van der Waals surface area contributed by atoms with Gasteiger partial charge in [0.05, 0.1) is 5.69 Å². The molecule has 0 saturated heterocycles. The van der Waals surface area contributed by atoms with E-state index in [2.05, 4.69) is 17.2 Å². The molecule has 1 aromatic heterocycles. The average molecular weight is 293 g/mol. The van der Waals surface area contributed by atoms with Crippen LogP contribution >= 0.6 is 22.9 Å². The molecule has 0 unspecified atom stereocenters. The molecule has 0 aliphatic rings. The lowest BCUT2D eigenvalue weighted by Crippen LogP contribution is -2.24. The zero-order valence-corrected chi connectivity index (χ0v) is 12.0. The molecule has 0 radical (unpaired) electrons. The summed E-state index contributed by atoms with van der Waals surface area (Å²) in [4.78, 5) is 12.6. The maximum atomic E-state index is 12.0. The van der Waals surface area contributed by atoms with E-state index in [0.29, 0.717) is 28.6 Å². The summed E-state index contributed by atoms with van der Waals surface area (Å²) >= 11 is 7.30. The second-order valence-corrected chi connectivity index (χ2v) is 5.41. The number of hydrogen-bond acceptors (Lipinski definition) is 3. The topological polar surface area (TPSA) is 55.1 Å². The zero-order valence-electron chi connectivity index (χ0n) is 10.4. The molecule has 1 heterocycles. The fourth-order valence-corrected chi connectivity index (χ4v) is 2.89. The molecular formula is C14H13ClN2OS. The Kier molecular flexibility index (Phi) is 4.31. The summed E-state index contributed by atoms with van der Waals surface area (Å²) < 4.78 is 0.959. The van der Waals surface area contributed by atoms with Gasteiger partial charge in [0.25, 0.3) is 5.91 Å². The van der Waals surface area contributed by atoms with Gasteiger partial charge in [-0.1, -0.05) is 11.6 Å². The number of anilines is 1. The third kappa shape index (κ3) is 3.01. The maximum Gasteiger partial charge on any atom is 0.263 e. The molecule has 19 heavy (non-hydrogen) atoms. The number of carbonyl (C=O) groups excluding carboxylic acids is 1. The van der Waals surface area contributed by atoms with Crippen molar-refractivity contribution in [3.05, 3.63) is 28.1 Å². The van der Waals surface area contributed by atoms with Gasteiger partial charge < -0.3 is 11.1 Å². The van der Waals surface area contributed by atoms with Gasteiger partial charge in [-0.2, -0.15) is 0 Å². The maximum absolute atomic E-state index is 12.0. The van der Waals surface area contributed by atoms with Gasteiger partial charge in [0, 0.05) is 28.1 Å². The summed E-state index contributed by atoms with van der Waals surface area (Å²) in [6.07, 6.45) is 0.638. The summed E-state index contributed by atoms with van der Waals surface area (Å²) in [5, 5.41) is 4.25. The van der Waals surface area contributed by atoms with Crippen LogP contribution in [0.25, 0.3) is 10.1 Å². The Morgan fingerprint density at radius 2 is 2.32 bits per heavy atom. The van der Waals surface area contributed by atoms with Crippen LogP contribution in [0.2, 0.25) is 5.02 Å². The van der Waals surface area contributed by atoms with Crippen molar-refractivity contribution in [2.45, 2.75) is 13.3 Å². The van der Waals surface area contributed by atoms with Gasteiger partial charge in [0.1, 0.15) is 4.88 Å². The van der Waals surface area contributed by atoms with Crippen molar-refractivity contribution in [2.24, 2.45) is 0 Å². The molecule has 0 aliphatic carbocycles. The van der Waals surface area contributed by atoms with Crippen molar-refractivity contribution in [3.8, 4) is 11.8 Å². The van der Waals surface area contributed by atoms with Crippen LogP contribution < -0.4 is 11.1 Å². The molecule has 0 aliphatic heterocycles. The molecule has 98 valence electrons. The minimum Gasteiger partial charge on any atom is -0.397 e.